The molecule has 148 valence electrons. The van der Waals surface area contributed by atoms with Crippen LogP contribution < -0.4 is 10.2 Å². The third-order valence-corrected chi connectivity index (χ3v) is 6.69. The number of amides is 2. The van der Waals surface area contributed by atoms with Gasteiger partial charge in [0.15, 0.2) is 0 Å². The molecule has 0 aliphatic carbocycles. The number of rotatable bonds is 6. The van der Waals surface area contributed by atoms with Crippen molar-refractivity contribution in [3.8, 4) is 0 Å². The van der Waals surface area contributed by atoms with E-state index in [1.165, 1.54) is 35.2 Å². The minimum Gasteiger partial charge on any atom is -0.344 e. The summed E-state index contributed by atoms with van der Waals surface area (Å²) in [5.41, 5.74) is 1.67. The zero-order valence-corrected chi connectivity index (χ0v) is 17.1. The van der Waals surface area contributed by atoms with Crippen LogP contribution in [-0.4, -0.2) is 24.1 Å². The smallest absolute Gasteiger partial charge is 0.237 e. The van der Waals surface area contributed by atoms with Crippen molar-refractivity contribution in [2.75, 3.05) is 17.2 Å². The summed E-state index contributed by atoms with van der Waals surface area (Å²) >= 11 is 3.05. The van der Waals surface area contributed by atoms with Crippen molar-refractivity contribution in [1.29, 1.82) is 0 Å². The average Bonchev–Trinajstić information content (AvgIpc) is 3.26. The van der Waals surface area contributed by atoms with E-state index in [0.29, 0.717) is 12.3 Å². The summed E-state index contributed by atoms with van der Waals surface area (Å²) in [4.78, 5) is 28.8. The number of benzene rings is 2. The molecule has 0 saturated heterocycles. The van der Waals surface area contributed by atoms with E-state index in [1.807, 2.05) is 41.8 Å². The summed E-state index contributed by atoms with van der Waals surface area (Å²) < 4.78 is 13.3. The third-order valence-electron chi connectivity index (χ3n) is 4.71. The zero-order valence-electron chi connectivity index (χ0n) is 15.5. The molecule has 0 spiro atoms. The van der Waals surface area contributed by atoms with Crippen LogP contribution in [0.15, 0.2) is 70.9 Å². The molecular weight excluding hydrogens is 407 g/mol. The Morgan fingerprint density at radius 3 is 2.66 bits per heavy atom. The highest BCUT2D eigenvalue weighted by molar-refractivity contribution is 8.00. The predicted octanol–water partition coefficient (Wildman–Crippen LogP) is 4.62. The van der Waals surface area contributed by atoms with E-state index in [2.05, 4.69) is 5.32 Å². The number of nitrogens with zero attached hydrogens (tertiary/aromatic N) is 1. The Labute approximate surface area is 176 Å². The molecule has 29 heavy (non-hydrogen) atoms. The van der Waals surface area contributed by atoms with Gasteiger partial charge in [0.2, 0.25) is 11.8 Å². The van der Waals surface area contributed by atoms with Crippen LogP contribution >= 0.6 is 23.1 Å². The first-order chi connectivity index (χ1) is 14.1. The number of thiophene rings is 1. The molecule has 0 bridgehead atoms. The van der Waals surface area contributed by atoms with Crippen LogP contribution in [-0.2, 0) is 9.59 Å². The van der Waals surface area contributed by atoms with Gasteiger partial charge in [0, 0.05) is 22.7 Å². The average molecular weight is 427 g/mol. The molecule has 0 fully saturated rings. The van der Waals surface area contributed by atoms with Crippen LogP contribution in [0, 0.1) is 5.82 Å². The molecule has 2 aromatic carbocycles. The Kier molecular flexibility index (Phi) is 5.97. The first kappa shape index (κ1) is 19.7. The molecule has 0 unspecified atom stereocenters. The van der Waals surface area contributed by atoms with Gasteiger partial charge in [-0.3, -0.25) is 9.59 Å². The van der Waals surface area contributed by atoms with Crippen molar-refractivity contribution >= 4 is 40.6 Å². The number of hydrogen-bond donors (Lipinski definition) is 1. The summed E-state index contributed by atoms with van der Waals surface area (Å²) in [5.74, 6) is -0.0808. The minimum absolute atomic E-state index is 0.00911. The Morgan fingerprint density at radius 1 is 1.10 bits per heavy atom. The third kappa shape index (κ3) is 4.52. The Bertz CT molecular complexity index is 1010. The van der Waals surface area contributed by atoms with Crippen LogP contribution in [0.1, 0.15) is 22.9 Å². The molecule has 1 aliphatic heterocycles. The fourth-order valence-electron chi connectivity index (χ4n) is 3.28. The van der Waals surface area contributed by atoms with Gasteiger partial charge in [0.05, 0.1) is 17.5 Å². The van der Waals surface area contributed by atoms with Crippen molar-refractivity contribution in [3.63, 3.8) is 0 Å². The fourth-order valence-corrected chi connectivity index (χ4v) is 5.01. The van der Waals surface area contributed by atoms with Crippen molar-refractivity contribution < 1.29 is 14.0 Å². The van der Waals surface area contributed by atoms with E-state index in [-0.39, 0.29) is 30.1 Å². The molecule has 2 heterocycles. The van der Waals surface area contributed by atoms with Crippen LogP contribution in [0.5, 0.6) is 0 Å². The molecule has 4 rings (SSSR count). The summed E-state index contributed by atoms with van der Waals surface area (Å²) in [7, 11) is 0. The zero-order chi connectivity index (χ0) is 20.2. The summed E-state index contributed by atoms with van der Waals surface area (Å²) in [6.45, 7) is 0.322. The van der Waals surface area contributed by atoms with Crippen LogP contribution in [0.25, 0.3) is 0 Å². The Morgan fingerprint density at radius 2 is 1.90 bits per heavy atom. The first-order valence-electron chi connectivity index (χ1n) is 9.22. The molecule has 0 saturated carbocycles. The number of carbonyl (C=O) groups is 2. The number of anilines is 1. The number of fused-ring (bicyclic) bond motifs is 1. The van der Waals surface area contributed by atoms with Crippen molar-refractivity contribution in [1.82, 2.24) is 5.32 Å². The van der Waals surface area contributed by atoms with Crippen LogP contribution in [0.3, 0.4) is 0 Å². The second-order valence-electron chi connectivity index (χ2n) is 6.62. The van der Waals surface area contributed by atoms with Gasteiger partial charge in [-0.1, -0.05) is 30.3 Å². The van der Waals surface area contributed by atoms with Crippen molar-refractivity contribution in [3.05, 3.63) is 82.3 Å². The predicted molar refractivity (Wildman–Crippen MR) is 115 cm³/mol. The van der Waals surface area contributed by atoms with E-state index >= 15 is 0 Å². The molecule has 1 atom stereocenters. The molecule has 0 radical (unpaired) electrons. The molecule has 7 heteroatoms. The largest absolute Gasteiger partial charge is 0.344 e. The minimum atomic E-state index is -0.344. The van der Waals surface area contributed by atoms with Crippen molar-refractivity contribution in [2.24, 2.45) is 0 Å². The van der Waals surface area contributed by atoms with Gasteiger partial charge in [-0.05, 0) is 41.3 Å². The molecule has 3 aromatic rings. The number of para-hydroxylation sites is 1. The number of thioether (sulfide) groups is 1. The second-order valence-corrected chi connectivity index (χ2v) is 8.62. The van der Waals surface area contributed by atoms with Gasteiger partial charge >= 0.3 is 0 Å². The van der Waals surface area contributed by atoms with Gasteiger partial charge in [-0.2, -0.15) is 0 Å². The lowest BCUT2D eigenvalue weighted by Gasteiger charge is -2.29. The Balaban J connectivity index is 1.46. The molecule has 4 nitrogen and oxygen atoms in total. The van der Waals surface area contributed by atoms with E-state index < -0.39 is 0 Å². The molecule has 1 aromatic heterocycles. The fraction of sp³-hybridized carbons (Fsp3) is 0.182. The monoisotopic (exact) mass is 426 g/mol. The SMILES string of the molecule is O=C(CCN1C(=O)CSc2ccccc21)N[C@@H](c1ccc(F)cc1)c1cccs1. The quantitative estimate of drug-likeness (QED) is 0.626. The standard InChI is InChI=1S/C22H19FN2O2S2/c23-16-9-7-15(8-10-16)22(19-6-3-13-28-19)24-20(26)11-12-25-17-4-1-2-5-18(17)29-14-21(25)27/h1-10,13,22H,11-12,14H2,(H,24,26)/t22-/m0/s1. The molecular formula is C22H19FN2O2S2. The van der Waals surface area contributed by atoms with Gasteiger partial charge in [-0.25, -0.2) is 4.39 Å². The van der Waals surface area contributed by atoms with Gasteiger partial charge in [-0.15, -0.1) is 23.1 Å². The van der Waals surface area contributed by atoms with E-state index in [1.54, 1.807) is 17.0 Å². The highest BCUT2D eigenvalue weighted by atomic mass is 32.2. The molecule has 2 amide bonds. The van der Waals surface area contributed by atoms with E-state index in [0.717, 1.165) is 21.0 Å². The summed E-state index contributed by atoms with van der Waals surface area (Å²) in [6, 6.07) is 17.4. The van der Waals surface area contributed by atoms with Crippen molar-refractivity contribution in [2.45, 2.75) is 17.4 Å². The van der Waals surface area contributed by atoms with Gasteiger partial charge in [0.25, 0.3) is 0 Å². The first-order valence-corrected chi connectivity index (χ1v) is 11.1. The van der Waals surface area contributed by atoms with Gasteiger partial charge < -0.3 is 10.2 Å². The van der Waals surface area contributed by atoms with Crippen LogP contribution in [0.2, 0.25) is 0 Å². The maximum atomic E-state index is 13.3. The number of carbonyl (C=O) groups excluding carboxylic acids is 2. The summed E-state index contributed by atoms with van der Waals surface area (Å²) in [5, 5.41) is 4.98. The number of hydrogen-bond acceptors (Lipinski definition) is 4. The second kappa shape index (κ2) is 8.80. The lowest BCUT2D eigenvalue weighted by molar-refractivity contribution is -0.121. The number of halogens is 1. The molecule has 1 aliphatic rings. The topological polar surface area (TPSA) is 49.4 Å². The maximum Gasteiger partial charge on any atom is 0.237 e. The number of nitrogens with one attached hydrogen (secondary N) is 1. The van der Waals surface area contributed by atoms with Crippen LogP contribution in [0.4, 0.5) is 10.1 Å². The highest BCUT2D eigenvalue weighted by Gasteiger charge is 2.25. The normalized spacial score (nSPS) is 14.4. The molecule has 1 N–H and O–H groups in total. The van der Waals surface area contributed by atoms with E-state index in [4.69, 9.17) is 0 Å². The summed E-state index contributed by atoms with van der Waals surface area (Å²) in [6.07, 6.45) is 0.188. The van der Waals surface area contributed by atoms with E-state index in [9.17, 15) is 14.0 Å². The lowest BCUT2D eigenvalue weighted by Crippen LogP contribution is -2.39. The maximum absolute atomic E-state index is 13.3. The lowest BCUT2D eigenvalue weighted by atomic mass is 10.0. The van der Waals surface area contributed by atoms with Gasteiger partial charge in [0.1, 0.15) is 5.82 Å². The highest BCUT2D eigenvalue weighted by Crippen LogP contribution is 2.35. The Hall–Kier alpha value is -2.64.